The van der Waals surface area contributed by atoms with Crippen LogP contribution in [0.2, 0.25) is 0 Å². The normalized spacial score (nSPS) is 24.5. The molecule has 9 heteroatoms. The molecule has 1 spiro atoms. The number of hydrogen-bond donors (Lipinski definition) is 1. The topological polar surface area (TPSA) is 70.1 Å². The van der Waals surface area contributed by atoms with Crippen molar-refractivity contribution in [1.82, 2.24) is 9.80 Å². The van der Waals surface area contributed by atoms with Crippen molar-refractivity contribution in [3.63, 3.8) is 0 Å². The molecule has 0 saturated carbocycles. The Labute approximate surface area is 151 Å². The Kier molecular flexibility index (Phi) is 6.90. The maximum absolute atomic E-state index is 12.3. The number of rotatable bonds is 2. The van der Waals surface area contributed by atoms with Gasteiger partial charge in [-0.05, 0) is 51.1 Å². The van der Waals surface area contributed by atoms with E-state index in [1.807, 2.05) is 11.9 Å². The summed E-state index contributed by atoms with van der Waals surface area (Å²) in [6.07, 6.45) is 0.554. The first-order valence-corrected chi connectivity index (χ1v) is 9.00. The maximum Gasteiger partial charge on any atom is 0.490 e. The summed E-state index contributed by atoms with van der Waals surface area (Å²) in [5.41, 5.74) is 0.000919. The molecule has 0 bridgehead atoms. The van der Waals surface area contributed by atoms with Crippen LogP contribution in [-0.4, -0.2) is 79.4 Å². The molecule has 0 aliphatic carbocycles. The number of likely N-dealkylation sites (tertiary alicyclic amines) is 2. The zero-order chi connectivity index (χ0) is 19.4. The van der Waals surface area contributed by atoms with Crippen molar-refractivity contribution >= 4 is 11.9 Å². The molecule has 3 aliphatic heterocycles. The molecule has 3 heterocycles. The first-order chi connectivity index (χ1) is 12.1. The third-order valence-corrected chi connectivity index (χ3v) is 5.64. The van der Waals surface area contributed by atoms with Gasteiger partial charge in [-0.25, -0.2) is 4.79 Å². The van der Waals surface area contributed by atoms with Gasteiger partial charge in [0.1, 0.15) is 0 Å². The van der Waals surface area contributed by atoms with E-state index in [1.54, 1.807) is 0 Å². The van der Waals surface area contributed by atoms with Crippen molar-refractivity contribution < 1.29 is 32.6 Å². The summed E-state index contributed by atoms with van der Waals surface area (Å²) in [6, 6.07) is 0. The van der Waals surface area contributed by atoms with Gasteiger partial charge in [0.25, 0.3) is 0 Å². The van der Waals surface area contributed by atoms with E-state index >= 15 is 0 Å². The lowest BCUT2D eigenvalue weighted by Crippen LogP contribution is -2.45. The Balaban J connectivity index is 0.000000298. The Morgan fingerprint density at radius 2 is 1.69 bits per heavy atom. The molecule has 3 aliphatic rings. The van der Waals surface area contributed by atoms with Crippen molar-refractivity contribution in [2.75, 3.05) is 46.4 Å². The van der Waals surface area contributed by atoms with Gasteiger partial charge < -0.3 is 19.6 Å². The number of nitrogens with zero attached hydrogens (tertiary/aromatic N) is 2. The second-order valence-corrected chi connectivity index (χ2v) is 7.42. The molecule has 6 nitrogen and oxygen atoms in total. The van der Waals surface area contributed by atoms with Crippen molar-refractivity contribution in [2.45, 2.75) is 38.3 Å². The lowest BCUT2D eigenvalue weighted by molar-refractivity contribution is -0.192. The zero-order valence-electron chi connectivity index (χ0n) is 15.1. The molecule has 0 radical (unpaired) electrons. The average molecular weight is 380 g/mol. The van der Waals surface area contributed by atoms with E-state index in [1.165, 1.54) is 19.4 Å². The first-order valence-electron chi connectivity index (χ1n) is 9.00. The predicted octanol–water partition coefficient (Wildman–Crippen LogP) is 1.99. The highest BCUT2D eigenvalue weighted by atomic mass is 19.4. The van der Waals surface area contributed by atoms with Gasteiger partial charge in [-0.3, -0.25) is 4.79 Å². The minimum Gasteiger partial charge on any atom is -0.475 e. The van der Waals surface area contributed by atoms with Gasteiger partial charge in [0, 0.05) is 33.4 Å². The van der Waals surface area contributed by atoms with Crippen LogP contribution in [0.25, 0.3) is 0 Å². The van der Waals surface area contributed by atoms with Crippen molar-refractivity contribution in [2.24, 2.45) is 11.3 Å². The van der Waals surface area contributed by atoms with Crippen LogP contribution in [0.1, 0.15) is 32.1 Å². The molecule has 0 unspecified atom stereocenters. The van der Waals surface area contributed by atoms with Crippen LogP contribution < -0.4 is 0 Å². The highest BCUT2D eigenvalue weighted by Crippen LogP contribution is 2.41. The van der Waals surface area contributed by atoms with Crippen LogP contribution in [0.3, 0.4) is 0 Å². The van der Waals surface area contributed by atoms with Gasteiger partial charge in [0.05, 0.1) is 5.41 Å². The van der Waals surface area contributed by atoms with Gasteiger partial charge in [0.15, 0.2) is 0 Å². The van der Waals surface area contributed by atoms with Gasteiger partial charge >= 0.3 is 12.1 Å². The van der Waals surface area contributed by atoms with E-state index in [0.717, 1.165) is 58.0 Å². The molecular formula is C17H27F3N2O4. The Bertz CT molecular complexity index is 499. The summed E-state index contributed by atoms with van der Waals surface area (Å²) in [7, 11) is 1.95. The minimum atomic E-state index is -5.08. The van der Waals surface area contributed by atoms with E-state index in [0.29, 0.717) is 5.91 Å². The fraction of sp³-hybridized carbons (Fsp3) is 0.882. The SMILES string of the molecule is CN1CCC2(CCN(CC3CCOCC3)CC2)C1=O.O=C(O)C(F)(F)F. The molecule has 3 rings (SSSR count). The number of aliphatic carboxylic acids is 1. The molecule has 3 fully saturated rings. The van der Waals surface area contributed by atoms with Crippen molar-refractivity contribution in [1.29, 1.82) is 0 Å². The first kappa shape index (κ1) is 21.0. The van der Waals surface area contributed by atoms with Crippen LogP contribution in [0.15, 0.2) is 0 Å². The van der Waals surface area contributed by atoms with Gasteiger partial charge in [-0.15, -0.1) is 0 Å². The fourth-order valence-electron chi connectivity index (χ4n) is 3.92. The number of piperidine rings is 1. The number of amides is 1. The summed E-state index contributed by atoms with van der Waals surface area (Å²) in [4.78, 5) is 25.7. The van der Waals surface area contributed by atoms with E-state index in [-0.39, 0.29) is 5.41 Å². The van der Waals surface area contributed by atoms with Crippen LogP contribution in [-0.2, 0) is 14.3 Å². The van der Waals surface area contributed by atoms with E-state index in [9.17, 15) is 18.0 Å². The van der Waals surface area contributed by atoms with Gasteiger partial charge in [0.2, 0.25) is 5.91 Å². The highest BCUT2D eigenvalue weighted by Gasteiger charge is 2.46. The van der Waals surface area contributed by atoms with E-state index in [2.05, 4.69) is 4.90 Å². The molecule has 0 aromatic rings. The highest BCUT2D eigenvalue weighted by molar-refractivity contribution is 5.84. The summed E-state index contributed by atoms with van der Waals surface area (Å²) < 4.78 is 37.2. The van der Waals surface area contributed by atoms with E-state index < -0.39 is 12.1 Å². The number of carboxylic acids is 1. The number of carboxylic acid groups (broad SMARTS) is 1. The van der Waals surface area contributed by atoms with Crippen molar-refractivity contribution in [3.05, 3.63) is 0 Å². The fourth-order valence-corrected chi connectivity index (χ4v) is 3.92. The molecular weight excluding hydrogens is 353 g/mol. The standard InChI is InChI=1S/C15H26N2O2.C2HF3O2/c1-16-7-4-15(14(16)18)5-8-17(9-6-15)12-13-2-10-19-11-3-13;3-2(4,5)1(6)7/h13H,2-12H2,1H3;(H,6,7). The number of carbonyl (C=O) groups excluding carboxylic acids is 1. The molecule has 1 N–H and O–H groups in total. The van der Waals surface area contributed by atoms with Crippen LogP contribution in [0.4, 0.5) is 13.2 Å². The summed E-state index contributed by atoms with van der Waals surface area (Å²) in [6.45, 7) is 6.26. The second kappa shape index (κ2) is 8.56. The average Bonchev–Trinajstić information content (AvgIpc) is 2.87. The summed E-state index contributed by atoms with van der Waals surface area (Å²) in [5.74, 6) is -1.55. The third kappa shape index (κ3) is 5.33. The number of ether oxygens (including phenoxy) is 1. The summed E-state index contributed by atoms with van der Waals surface area (Å²) >= 11 is 0. The Morgan fingerprint density at radius 1 is 1.19 bits per heavy atom. The summed E-state index contributed by atoms with van der Waals surface area (Å²) in [5, 5.41) is 7.12. The largest absolute Gasteiger partial charge is 0.490 e. The number of carbonyl (C=O) groups is 2. The van der Waals surface area contributed by atoms with Crippen LogP contribution in [0, 0.1) is 11.3 Å². The van der Waals surface area contributed by atoms with Crippen molar-refractivity contribution in [3.8, 4) is 0 Å². The monoisotopic (exact) mass is 380 g/mol. The minimum absolute atomic E-state index is 0.000919. The van der Waals surface area contributed by atoms with Crippen LogP contribution >= 0.6 is 0 Å². The lowest BCUT2D eigenvalue weighted by Gasteiger charge is -2.39. The number of halogens is 3. The Morgan fingerprint density at radius 3 is 2.12 bits per heavy atom. The number of alkyl halides is 3. The maximum atomic E-state index is 12.3. The van der Waals surface area contributed by atoms with Gasteiger partial charge in [-0.1, -0.05) is 0 Å². The molecule has 0 atom stereocenters. The van der Waals surface area contributed by atoms with Gasteiger partial charge in [-0.2, -0.15) is 13.2 Å². The quantitative estimate of drug-likeness (QED) is 0.794. The smallest absolute Gasteiger partial charge is 0.475 e. The molecule has 0 aromatic carbocycles. The molecule has 1 amide bonds. The molecule has 3 saturated heterocycles. The molecule has 150 valence electrons. The van der Waals surface area contributed by atoms with E-state index in [4.69, 9.17) is 14.6 Å². The third-order valence-electron chi connectivity index (χ3n) is 5.64. The molecule has 26 heavy (non-hydrogen) atoms. The predicted molar refractivity (Wildman–Crippen MR) is 87.6 cm³/mol. The van der Waals surface area contributed by atoms with Crippen LogP contribution in [0.5, 0.6) is 0 Å². The second-order valence-electron chi connectivity index (χ2n) is 7.42. The zero-order valence-corrected chi connectivity index (χ0v) is 15.1. The Hall–Kier alpha value is -1.35. The number of hydrogen-bond acceptors (Lipinski definition) is 4. The molecule has 0 aromatic heterocycles. The lowest BCUT2D eigenvalue weighted by atomic mass is 9.77.